The highest BCUT2D eigenvalue weighted by molar-refractivity contribution is 7.47. The number of rotatable bonds is 57. The molecule has 3 unspecified atom stereocenters. The molecule has 0 aliphatic heterocycles. The van der Waals surface area contributed by atoms with Crippen molar-refractivity contribution in [1.82, 2.24) is 5.32 Å². The lowest BCUT2D eigenvalue weighted by Gasteiger charge is -2.27. The van der Waals surface area contributed by atoms with Gasteiger partial charge in [-0.25, -0.2) is 4.57 Å². The van der Waals surface area contributed by atoms with Crippen LogP contribution in [-0.2, 0) is 27.9 Å². The number of allylic oxidation sites excluding steroid dienone is 7. The first-order valence-corrected chi connectivity index (χ1v) is 33.0. The fraction of sp³-hybridized carbons (Fsp3) is 0.844. The van der Waals surface area contributed by atoms with E-state index < -0.39 is 20.0 Å². The van der Waals surface area contributed by atoms with Crippen LogP contribution in [0.5, 0.6) is 0 Å². The van der Waals surface area contributed by atoms with Crippen LogP contribution < -0.4 is 5.32 Å². The summed E-state index contributed by atoms with van der Waals surface area (Å²) in [5.74, 6) is -0.511. The van der Waals surface area contributed by atoms with Gasteiger partial charge in [-0.3, -0.25) is 18.6 Å². The number of carbonyl (C=O) groups is 2. The van der Waals surface area contributed by atoms with E-state index in [1.165, 1.54) is 186 Å². The SMILES string of the molecule is CCCCC/C=C/C=C/CCCCCCCCC(=O)NC(COP(=O)(O)OCC[N+](C)(C)C)C(/C=C\CCCCCCCCCCCC)OC(=O)CCCCCCCCCCCCC/C=C/CCCCCCCC. The highest BCUT2D eigenvalue weighted by Crippen LogP contribution is 2.43. The van der Waals surface area contributed by atoms with Crippen LogP contribution in [0.1, 0.15) is 297 Å². The molecule has 3 atom stereocenters. The molecule has 434 valence electrons. The fourth-order valence-corrected chi connectivity index (χ4v) is 9.84. The zero-order valence-corrected chi connectivity index (χ0v) is 50.5. The molecule has 0 spiro atoms. The maximum absolute atomic E-state index is 13.5. The lowest BCUT2D eigenvalue weighted by Crippen LogP contribution is -2.47. The van der Waals surface area contributed by atoms with Crippen LogP contribution in [-0.4, -0.2) is 74.3 Å². The van der Waals surface area contributed by atoms with Crippen LogP contribution in [0.2, 0.25) is 0 Å². The molecule has 0 heterocycles. The fourth-order valence-electron chi connectivity index (χ4n) is 9.10. The number of nitrogens with one attached hydrogen (secondary N) is 1. The predicted molar refractivity (Wildman–Crippen MR) is 319 cm³/mol. The maximum Gasteiger partial charge on any atom is 0.472 e. The van der Waals surface area contributed by atoms with E-state index >= 15 is 0 Å². The van der Waals surface area contributed by atoms with Gasteiger partial charge in [0, 0.05) is 12.8 Å². The van der Waals surface area contributed by atoms with E-state index in [4.69, 9.17) is 13.8 Å². The minimum Gasteiger partial charge on any atom is -0.456 e. The second kappa shape index (κ2) is 54.3. The number of phosphoric acid groups is 1. The number of nitrogens with zero attached hydrogens (tertiary/aromatic N) is 1. The van der Waals surface area contributed by atoms with E-state index in [1.54, 1.807) is 0 Å². The third kappa shape index (κ3) is 54.7. The molecule has 9 nitrogen and oxygen atoms in total. The van der Waals surface area contributed by atoms with Crippen molar-refractivity contribution in [1.29, 1.82) is 0 Å². The quantitative estimate of drug-likeness (QED) is 0.0156. The van der Waals surface area contributed by atoms with Gasteiger partial charge in [0.2, 0.25) is 5.91 Å². The van der Waals surface area contributed by atoms with Crippen molar-refractivity contribution >= 4 is 19.7 Å². The van der Waals surface area contributed by atoms with Gasteiger partial charge in [0.1, 0.15) is 19.3 Å². The second-order valence-electron chi connectivity index (χ2n) is 22.6. The molecule has 0 aliphatic carbocycles. The van der Waals surface area contributed by atoms with E-state index in [1.807, 2.05) is 33.3 Å². The van der Waals surface area contributed by atoms with Gasteiger partial charge in [0.25, 0.3) is 0 Å². The Morgan fingerprint density at radius 3 is 1.26 bits per heavy atom. The largest absolute Gasteiger partial charge is 0.472 e. The number of hydrogen-bond donors (Lipinski definition) is 2. The van der Waals surface area contributed by atoms with Crippen LogP contribution in [0.25, 0.3) is 0 Å². The van der Waals surface area contributed by atoms with E-state index in [-0.39, 0.29) is 31.5 Å². The molecule has 2 N–H and O–H groups in total. The Morgan fingerprint density at radius 1 is 0.473 bits per heavy atom. The molecule has 0 aromatic heterocycles. The Balaban J connectivity index is 5.21. The molecule has 1 amide bonds. The molecular formula is C64H122N2O7P+. The molecule has 10 heteroatoms. The van der Waals surface area contributed by atoms with Crippen LogP contribution in [0.15, 0.2) is 48.6 Å². The highest BCUT2D eigenvalue weighted by atomic mass is 31.2. The van der Waals surface area contributed by atoms with Gasteiger partial charge in [-0.05, 0) is 83.1 Å². The number of phosphoric ester groups is 1. The van der Waals surface area contributed by atoms with E-state index in [9.17, 15) is 19.0 Å². The Kier molecular flexibility index (Phi) is 52.8. The first-order valence-electron chi connectivity index (χ1n) is 31.5. The van der Waals surface area contributed by atoms with Crippen molar-refractivity contribution in [3.63, 3.8) is 0 Å². The van der Waals surface area contributed by atoms with Crippen molar-refractivity contribution in [3.05, 3.63) is 48.6 Å². The molecule has 0 radical (unpaired) electrons. The molecule has 0 aliphatic rings. The molecule has 0 bridgehead atoms. The van der Waals surface area contributed by atoms with Crippen molar-refractivity contribution in [2.45, 2.75) is 309 Å². The number of unbranched alkanes of at least 4 members (excludes halogenated alkanes) is 36. The van der Waals surface area contributed by atoms with Gasteiger partial charge in [0.15, 0.2) is 0 Å². The Bertz CT molecular complexity index is 1410. The number of amides is 1. The number of quaternary nitrogens is 1. The molecule has 0 saturated heterocycles. The first kappa shape index (κ1) is 72.0. The summed E-state index contributed by atoms with van der Waals surface area (Å²) in [5.41, 5.74) is 0. The Morgan fingerprint density at radius 2 is 0.824 bits per heavy atom. The molecule has 0 saturated carbocycles. The van der Waals surface area contributed by atoms with Crippen LogP contribution in [0.4, 0.5) is 0 Å². The third-order valence-electron chi connectivity index (χ3n) is 14.0. The summed E-state index contributed by atoms with van der Waals surface area (Å²) in [4.78, 5) is 37.7. The summed E-state index contributed by atoms with van der Waals surface area (Å²) in [6.07, 6.45) is 66.8. The maximum atomic E-state index is 13.5. The topological polar surface area (TPSA) is 111 Å². The number of esters is 1. The van der Waals surface area contributed by atoms with Gasteiger partial charge in [-0.15, -0.1) is 0 Å². The number of carbonyl (C=O) groups excluding carboxylic acids is 2. The number of ether oxygens (including phenoxy) is 1. The zero-order valence-electron chi connectivity index (χ0n) is 49.6. The average Bonchev–Trinajstić information content (AvgIpc) is 3.36. The van der Waals surface area contributed by atoms with Crippen molar-refractivity contribution in [2.75, 3.05) is 40.9 Å². The molecule has 0 aromatic carbocycles. The lowest BCUT2D eigenvalue weighted by atomic mass is 10.0. The monoisotopic (exact) mass is 1060 g/mol. The van der Waals surface area contributed by atoms with Gasteiger partial charge in [-0.1, -0.05) is 250 Å². The van der Waals surface area contributed by atoms with Gasteiger partial charge in [-0.2, -0.15) is 0 Å². The van der Waals surface area contributed by atoms with Gasteiger partial charge >= 0.3 is 13.8 Å². The van der Waals surface area contributed by atoms with Crippen LogP contribution in [0.3, 0.4) is 0 Å². The summed E-state index contributed by atoms with van der Waals surface area (Å²) in [5, 5.41) is 3.05. The van der Waals surface area contributed by atoms with Crippen LogP contribution in [0, 0.1) is 0 Å². The van der Waals surface area contributed by atoms with Crippen molar-refractivity contribution in [2.24, 2.45) is 0 Å². The minimum atomic E-state index is -4.45. The Hall–Kier alpha value is -2.03. The molecule has 74 heavy (non-hydrogen) atoms. The van der Waals surface area contributed by atoms with Crippen molar-refractivity contribution < 1.29 is 37.3 Å². The smallest absolute Gasteiger partial charge is 0.456 e. The first-order chi connectivity index (χ1) is 35.9. The predicted octanol–water partition coefficient (Wildman–Crippen LogP) is 19.3. The molecule has 0 aromatic rings. The molecule has 0 rings (SSSR count). The lowest BCUT2D eigenvalue weighted by molar-refractivity contribution is -0.870. The van der Waals surface area contributed by atoms with Gasteiger partial charge < -0.3 is 19.4 Å². The molecule has 0 fully saturated rings. The summed E-state index contributed by atoms with van der Waals surface area (Å²) in [6, 6.07) is -0.853. The van der Waals surface area contributed by atoms with E-state index in [2.05, 4.69) is 62.5 Å². The average molecular weight is 1060 g/mol. The summed E-state index contributed by atoms with van der Waals surface area (Å²) >= 11 is 0. The number of hydrogen-bond acceptors (Lipinski definition) is 6. The highest BCUT2D eigenvalue weighted by Gasteiger charge is 2.30. The minimum absolute atomic E-state index is 0.0381. The standard InChI is InChI=1S/C64H121N2O7P/c1-7-10-13-16-19-22-25-28-30-31-32-33-34-35-37-39-42-45-48-51-54-57-64(68)73-62(55-52-49-46-43-40-27-24-21-18-15-12-9-3)61(60-72-74(69,70)71-59-58-66(4,5)6)65-63(67)56-53-50-47-44-41-38-36-29-26-23-20-17-14-11-8-2/h20,23,26,28-30,52,55,61-62H,7-19,21-22,24-25,27,31-51,53-54,56-60H2,1-6H3,(H-,65,67,69,70)/p+1/b23-20+,29-26+,30-28+,55-52-. The van der Waals surface area contributed by atoms with E-state index in [0.717, 1.165) is 77.0 Å². The summed E-state index contributed by atoms with van der Waals surface area (Å²) < 4.78 is 30.7. The zero-order chi connectivity index (χ0) is 54.3. The van der Waals surface area contributed by atoms with Crippen molar-refractivity contribution in [3.8, 4) is 0 Å². The summed E-state index contributed by atoms with van der Waals surface area (Å²) in [6.45, 7) is 6.99. The number of likely N-dealkylation sites (N-methyl/N-ethyl adjacent to an activating group) is 1. The normalized spacial score (nSPS) is 14.0. The second-order valence-corrected chi connectivity index (χ2v) is 24.1. The Labute approximate surface area is 458 Å². The summed E-state index contributed by atoms with van der Waals surface area (Å²) in [7, 11) is 1.49. The third-order valence-corrected chi connectivity index (χ3v) is 15.0. The van der Waals surface area contributed by atoms with E-state index in [0.29, 0.717) is 17.4 Å². The van der Waals surface area contributed by atoms with Gasteiger partial charge in [0.05, 0.1) is 33.8 Å². The van der Waals surface area contributed by atoms with Crippen LogP contribution >= 0.6 is 7.82 Å². The molecular weight excluding hydrogens is 940 g/mol.